The van der Waals surface area contributed by atoms with E-state index in [0.29, 0.717) is 23.1 Å². The number of hydrogen-bond acceptors (Lipinski definition) is 4. The van der Waals surface area contributed by atoms with Gasteiger partial charge in [-0.1, -0.05) is 23.5 Å². The Balaban J connectivity index is 1.52. The molecule has 0 spiro atoms. The standard InChI is InChI=1S/C16H13BrFN3OS/c17-12-9-10(18)5-6-11(12)15(22)19-7-8-20-16-21-13-3-1-2-4-14(13)23-16/h1-6,9H,7-8H2,(H,19,22)(H,20,21). The van der Waals surface area contributed by atoms with E-state index in [4.69, 9.17) is 0 Å². The van der Waals surface area contributed by atoms with Crippen molar-refractivity contribution in [3.8, 4) is 0 Å². The third-order valence-electron chi connectivity index (χ3n) is 3.16. The van der Waals surface area contributed by atoms with E-state index < -0.39 is 0 Å². The highest BCUT2D eigenvalue weighted by Gasteiger charge is 2.10. The minimum atomic E-state index is -0.383. The lowest BCUT2D eigenvalue weighted by atomic mass is 10.2. The molecule has 4 nitrogen and oxygen atoms in total. The van der Waals surface area contributed by atoms with E-state index in [1.165, 1.54) is 18.2 Å². The minimum absolute atomic E-state index is 0.247. The van der Waals surface area contributed by atoms with Gasteiger partial charge in [0.05, 0.1) is 15.8 Å². The predicted molar refractivity (Wildman–Crippen MR) is 94.5 cm³/mol. The molecule has 0 bridgehead atoms. The van der Waals surface area contributed by atoms with Crippen LogP contribution in [0.5, 0.6) is 0 Å². The van der Waals surface area contributed by atoms with Gasteiger partial charge in [-0.15, -0.1) is 0 Å². The Morgan fingerprint density at radius 3 is 2.83 bits per heavy atom. The Morgan fingerprint density at radius 2 is 2.04 bits per heavy atom. The molecule has 7 heteroatoms. The number of halogens is 2. The molecule has 1 aromatic heterocycles. The van der Waals surface area contributed by atoms with Crippen molar-refractivity contribution in [1.29, 1.82) is 0 Å². The van der Waals surface area contributed by atoms with Crippen LogP contribution in [0.2, 0.25) is 0 Å². The average molecular weight is 394 g/mol. The van der Waals surface area contributed by atoms with Crippen LogP contribution in [-0.2, 0) is 0 Å². The van der Waals surface area contributed by atoms with Gasteiger partial charge in [0.1, 0.15) is 5.82 Å². The number of anilines is 1. The van der Waals surface area contributed by atoms with Crippen LogP contribution in [0.4, 0.5) is 9.52 Å². The number of carbonyl (C=O) groups is 1. The second-order valence-electron chi connectivity index (χ2n) is 4.79. The molecule has 1 amide bonds. The van der Waals surface area contributed by atoms with Gasteiger partial charge < -0.3 is 10.6 Å². The molecule has 0 fully saturated rings. The molecule has 0 aliphatic carbocycles. The van der Waals surface area contributed by atoms with E-state index in [2.05, 4.69) is 31.5 Å². The summed E-state index contributed by atoms with van der Waals surface area (Å²) in [6, 6.07) is 11.9. The zero-order valence-corrected chi connectivity index (χ0v) is 14.4. The predicted octanol–water partition coefficient (Wildman–Crippen LogP) is 4.04. The first-order valence-electron chi connectivity index (χ1n) is 6.96. The van der Waals surface area contributed by atoms with Gasteiger partial charge in [-0.05, 0) is 46.3 Å². The number of rotatable bonds is 5. The number of aromatic nitrogens is 1. The number of para-hydroxylation sites is 1. The first kappa shape index (κ1) is 15.9. The summed E-state index contributed by atoms with van der Waals surface area (Å²) in [6.07, 6.45) is 0. The molecule has 0 saturated carbocycles. The molecular weight excluding hydrogens is 381 g/mol. The number of nitrogens with one attached hydrogen (secondary N) is 2. The van der Waals surface area contributed by atoms with E-state index in [9.17, 15) is 9.18 Å². The highest BCUT2D eigenvalue weighted by atomic mass is 79.9. The lowest BCUT2D eigenvalue weighted by molar-refractivity contribution is 0.0954. The monoisotopic (exact) mass is 393 g/mol. The number of nitrogens with zero attached hydrogens (tertiary/aromatic N) is 1. The molecule has 0 radical (unpaired) electrons. The summed E-state index contributed by atoms with van der Waals surface area (Å²) in [5.74, 6) is -0.631. The maximum absolute atomic E-state index is 13.0. The fourth-order valence-electron chi connectivity index (χ4n) is 2.06. The highest BCUT2D eigenvalue weighted by molar-refractivity contribution is 9.10. The van der Waals surface area contributed by atoms with Crippen LogP contribution in [0.15, 0.2) is 46.9 Å². The van der Waals surface area contributed by atoms with Gasteiger partial charge >= 0.3 is 0 Å². The van der Waals surface area contributed by atoms with Crippen molar-refractivity contribution in [1.82, 2.24) is 10.3 Å². The summed E-state index contributed by atoms with van der Waals surface area (Å²) in [5, 5.41) is 6.79. The van der Waals surface area contributed by atoms with Crippen LogP contribution in [0.25, 0.3) is 10.2 Å². The van der Waals surface area contributed by atoms with Crippen molar-refractivity contribution in [2.75, 3.05) is 18.4 Å². The molecule has 3 rings (SSSR count). The molecule has 1 heterocycles. The number of carbonyl (C=O) groups excluding carboxylic acids is 1. The van der Waals surface area contributed by atoms with Gasteiger partial charge in [-0.3, -0.25) is 4.79 Å². The van der Waals surface area contributed by atoms with E-state index in [-0.39, 0.29) is 11.7 Å². The summed E-state index contributed by atoms with van der Waals surface area (Å²) >= 11 is 4.76. The smallest absolute Gasteiger partial charge is 0.252 e. The summed E-state index contributed by atoms with van der Waals surface area (Å²) in [7, 11) is 0. The molecule has 118 valence electrons. The fraction of sp³-hybridized carbons (Fsp3) is 0.125. The Morgan fingerprint density at radius 1 is 1.22 bits per heavy atom. The van der Waals surface area contributed by atoms with Crippen LogP contribution < -0.4 is 10.6 Å². The summed E-state index contributed by atoms with van der Waals surface area (Å²) in [4.78, 5) is 16.5. The van der Waals surface area contributed by atoms with Crippen molar-refractivity contribution < 1.29 is 9.18 Å². The second kappa shape index (κ2) is 7.06. The van der Waals surface area contributed by atoms with Crippen molar-refractivity contribution >= 4 is 48.5 Å². The molecule has 0 saturated heterocycles. The first-order chi connectivity index (χ1) is 11.1. The lowest BCUT2D eigenvalue weighted by Crippen LogP contribution is -2.29. The Bertz CT molecular complexity index is 819. The largest absolute Gasteiger partial charge is 0.360 e. The number of hydrogen-bond donors (Lipinski definition) is 2. The van der Waals surface area contributed by atoms with E-state index in [1.807, 2.05) is 24.3 Å². The van der Waals surface area contributed by atoms with Crippen LogP contribution in [-0.4, -0.2) is 24.0 Å². The van der Waals surface area contributed by atoms with E-state index in [1.54, 1.807) is 11.3 Å². The Labute approximate surface area is 144 Å². The number of amides is 1. The highest BCUT2D eigenvalue weighted by Crippen LogP contribution is 2.25. The molecule has 23 heavy (non-hydrogen) atoms. The van der Waals surface area contributed by atoms with Gasteiger partial charge in [0.2, 0.25) is 0 Å². The number of fused-ring (bicyclic) bond motifs is 1. The van der Waals surface area contributed by atoms with Crippen LogP contribution in [0, 0.1) is 5.82 Å². The van der Waals surface area contributed by atoms with Crippen LogP contribution >= 0.6 is 27.3 Å². The topological polar surface area (TPSA) is 54.0 Å². The molecule has 0 aliphatic heterocycles. The van der Waals surface area contributed by atoms with Crippen molar-refractivity contribution in [3.05, 3.63) is 58.3 Å². The number of benzene rings is 2. The van der Waals surface area contributed by atoms with Crippen molar-refractivity contribution in [2.24, 2.45) is 0 Å². The SMILES string of the molecule is O=C(NCCNc1nc2ccccc2s1)c1ccc(F)cc1Br. The van der Waals surface area contributed by atoms with Crippen LogP contribution in [0.3, 0.4) is 0 Å². The molecule has 0 aliphatic rings. The normalized spacial score (nSPS) is 10.7. The van der Waals surface area contributed by atoms with Crippen molar-refractivity contribution in [3.63, 3.8) is 0 Å². The molecule has 2 aromatic carbocycles. The zero-order chi connectivity index (χ0) is 16.2. The maximum Gasteiger partial charge on any atom is 0.252 e. The Hall–Kier alpha value is -1.99. The quantitative estimate of drug-likeness (QED) is 0.643. The second-order valence-corrected chi connectivity index (χ2v) is 6.68. The molecule has 0 unspecified atom stereocenters. The van der Waals surface area contributed by atoms with Crippen molar-refractivity contribution in [2.45, 2.75) is 0 Å². The summed E-state index contributed by atoms with van der Waals surface area (Å²) in [6.45, 7) is 1.00. The Kier molecular flexibility index (Phi) is 4.88. The molecule has 2 N–H and O–H groups in total. The third kappa shape index (κ3) is 3.86. The van der Waals surface area contributed by atoms with Gasteiger partial charge in [0.15, 0.2) is 5.13 Å². The maximum atomic E-state index is 13.0. The summed E-state index contributed by atoms with van der Waals surface area (Å²) < 4.78 is 14.6. The first-order valence-corrected chi connectivity index (χ1v) is 8.57. The lowest BCUT2D eigenvalue weighted by Gasteiger charge is -2.07. The van der Waals surface area contributed by atoms with Gasteiger partial charge in [-0.25, -0.2) is 9.37 Å². The van der Waals surface area contributed by atoms with Gasteiger partial charge in [-0.2, -0.15) is 0 Å². The van der Waals surface area contributed by atoms with Gasteiger partial charge in [0, 0.05) is 17.6 Å². The van der Waals surface area contributed by atoms with E-state index in [0.717, 1.165) is 15.3 Å². The molecular formula is C16H13BrFN3OS. The molecule has 0 atom stereocenters. The van der Waals surface area contributed by atoms with E-state index >= 15 is 0 Å². The third-order valence-corrected chi connectivity index (χ3v) is 4.81. The van der Waals surface area contributed by atoms with Crippen LogP contribution in [0.1, 0.15) is 10.4 Å². The molecule has 3 aromatic rings. The number of thiazole rings is 1. The summed E-state index contributed by atoms with van der Waals surface area (Å²) in [5.41, 5.74) is 1.37. The zero-order valence-electron chi connectivity index (χ0n) is 12.0. The average Bonchev–Trinajstić information content (AvgIpc) is 2.94. The fourth-order valence-corrected chi connectivity index (χ4v) is 3.48. The van der Waals surface area contributed by atoms with Gasteiger partial charge in [0.25, 0.3) is 5.91 Å². The minimum Gasteiger partial charge on any atom is -0.360 e.